The highest BCUT2D eigenvalue weighted by Gasteiger charge is 2.20. The third-order valence-corrected chi connectivity index (χ3v) is 7.67. The summed E-state index contributed by atoms with van der Waals surface area (Å²) in [5.74, 6) is 1.98. The van der Waals surface area contributed by atoms with E-state index in [9.17, 15) is 0 Å². The molecule has 176 valence electrons. The summed E-state index contributed by atoms with van der Waals surface area (Å²) < 4.78 is 0. The van der Waals surface area contributed by atoms with Crippen molar-refractivity contribution in [2.75, 3.05) is 0 Å². The predicted octanol–water partition coefficient (Wildman–Crippen LogP) is 9.58. The minimum Gasteiger partial charge on any atom is -0.256 e. The molecule has 1 nitrogen and oxygen atoms in total. The summed E-state index contributed by atoms with van der Waals surface area (Å²) in [4.78, 5) is 4.70. The molecule has 0 atom stereocenters. The van der Waals surface area contributed by atoms with Gasteiger partial charge >= 0.3 is 0 Å². The summed E-state index contributed by atoms with van der Waals surface area (Å²) in [5, 5.41) is 0. The Bertz CT molecular complexity index is 722. The van der Waals surface area contributed by atoms with Crippen LogP contribution < -0.4 is 0 Å². The molecular weight excluding hydrogens is 386 g/mol. The Morgan fingerprint density at radius 1 is 0.625 bits per heavy atom. The van der Waals surface area contributed by atoms with Crippen molar-refractivity contribution in [1.29, 1.82) is 0 Å². The highest BCUT2D eigenvalue weighted by Crippen LogP contribution is 2.34. The minimum atomic E-state index is 0.952. The fourth-order valence-electron chi connectivity index (χ4n) is 5.36. The van der Waals surface area contributed by atoms with Crippen LogP contribution in [0.25, 0.3) is 11.3 Å². The third-order valence-electron chi connectivity index (χ3n) is 7.67. The van der Waals surface area contributed by atoms with Crippen molar-refractivity contribution < 1.29 is 0 Å². The fourth-order valence-corrected chi connectivity index (χ4v) is 5.36. The topological polar surface area (TPSA) is 12.9 Å². The Kier molecular flexibility index (Phi) is 11.3. The van der Waals surface area contributed by atoms with E-state index in [4.69, 9.17) is 4.98 Å². The molecular formula is C31H47N. The lowest BCUT2D eigenvalue weighted by Gasteiger charge is -2.28. The van der Waals surface area contributed by atoms with Crippen LogP contribution in [0.5, 0.6) is 0 Å². The van der Waals surface area contributed by atoms with E-state index in [1.165, 1.54) is 113 Å². The molecule has 0 aliphatic heterocycles. The molecule has 0 radical (unpaired) electrons. The van der Waals surface area contributed by atoms with E-state index in [0.717, 1.165) is 24.0 Å². The number of unbranched alkanes of at least 4 members (excludes halogenated alkanes) is 6. The summed E-state index contributed by atoms with van der Waals surface area (Å²) in [6.45, 7) is 4.55. The summed E-state index contributed by atoms with van der Waals surface area (Å²) in [7, 11) is 0. The van der Waals surface area contributed by atoms with Crippen LogP contribution in [-0.4, -0.2) is 4.98 Å². The number of hydrogen-bond acceptors (Lipinski definition) is 1. The Morgan fingerprint density at radius 3 is 1.91 bits per heavy atom. The zero-order chi connectivity index (χ0) is 22.4. The number of aryl methyl sites for hydroxylation is 2. The molecule has 0 unspecified atom stereocenters. The van der Waals surface area contributed by atoms with Crippen LogP contribution in [0.15, 0.2) is 42.6 Å². The zero-order valence-corrected chi connectivity index (χ0v) is 21.0. The molecule has 0 saturated heterocycles. The van der Waals surface area contributed by atoms with Gasteiger partial charge in [-0.15, -0.1) is 0 Å². The van der Waals surface area contributed by atoms with Gasteiger partial charge in [-0.2, -0.15) is 0 Å². The van der Waals surface area contributed by atoms with Crippen molar-refractivity contribution in [3.63, 3.8) is 0 Å². The van der Waals surface area contributed by atoms with Crippen LogP contribution in [0, 0.1) is 11.8 Å². The zero-order valence-electron chi connectivity index (χ0n) is 21.0. The van der Waals surface area contributed by atoms with E-state index in [0.29, 0.717) is 0 Å². The quantitative estimate of drug-likeness (QED) is 0.270. The maximum atomic E-state index is 4.70. The van der Waals surface area contributed by atoms with Crippen LogP contribution in [0.3, 0.4) is 0 Å². The second-order valence-electron chi connectivity index (χ2n) is 10.3. The Morgan fingerprint density at radius 2 is 1.25 bits per heavy atom. The molecule has 0 spiro atoms. The number of hydrogen-bond donors (Lipinski definition) is 0. The molecule has 1 aliphatic carbocycles. The standard InChI is InChI=1S/C31H47N/c1-3-5-7-8-9-10-12-26-13-15-27(16-14-26)17-18-28-19-22-30(23-20-28)31-24-21-29(25-32-31)11-6-4-2/h19-27H,3-18H2,1-2H3. The van der Waals surface area contributed by atoms with Crippen LogP contribution in [0.1, 0.15) is 115 Å². The number of pyridine rings is 1. The SMILES string of the molecule is CCCCCCCCC1CCC(CCc2ccc(-c3ccc(CCCC)cn3)cc2)CC1. The van der Waals surface area contributed by atoms with Gasteiger partial charge in [0.05, 0.1) is 5.69 Å². The van der Waals surface area contributed by atoms with E-state index >= 15 is 0 Å². The van der Waals surface area contributed by atoms with Gasteiger partial charge in [0.15, 0.2) is 0 Å². The molecule has 1 heteroatoms. The summed E-state index contributed by atoms with van der Waals surface area (Å²) in [6.07, 6.45) is 24.3. The molecule has 0 N–H and O–H groups in total. The second kappa shape index (κ2) is 14.5. The average Bonchev–Trinajstić information content (AvgIpc) is 2.85. The molecule has 1 aromatic heterocycles. The Balaban J connectivity index is 1.33. The van der Waals surface area contributed by atoms with Gasteiger partial charge in [-0.25, -0.2) is 0 Å². The smallest absolute Gasteiger partial charge is 0.0702 e. The molecule has 1 aromatic carbocycles. The van der Waals surface area contributed by atoms with Crippen LogP contribution in [0.4, 0.5) is 0 Å². The van der Waals surface area contributed by atoms with Gasteiger partial charge in [-0.3, -0.25) is 4.98 Å². The number of benzene rings is 1. The molecule has 2 aromatic rings. The highest BCUT2D eigenvalue weighted by molar-refractivity contribution is 5.59. The first-order valence-electron chi connectivity index (χ1n) is 13.8. The van der Waals surface area contributed by atoms with Crippen LogP contribution >= 0.6 is 0 Å². The van der Waals surface area contributed by atoms with Crippen molar-refractivity contribution in [1.82, 2.24) is 4.98 Å². The number of nitrogens with zero attached hydrogens (tertiary/aromatic N) is 1. The van der Waals surface area contributed by atoms with Gasteiger partial charge in [0.25, 0.3) is 0 Å². The normalized spacial score (nSPS) is 18.7. The number of rotatable bonds is 14. The van der Waals surface area contributed by atoms with Crippen molar-refractivity contribution in [3.05, 3.63) is 53.7 Å². The van der Waals surface area contributed by atoms with E-state index in [2.05, 4.69) is 56.4 Å². The lowest BCUT2D eigenvalue weighted by Crippen LogP contribution is -2.15. The van der Waals surface area contributed by atoms with E-state index < -0.39 is 0 Å². The molecule has 0 amide bonds. The van der Waals surface area contributed by atoms with E-state index in [1.54, 1.807) is 0 Å². The van der Waals surface area contributed by atoms with Gasteiger partial charge in [-0.05, 0) is 54.7 Å². The van der Waals surface area contributed by atoms with Crippen LogP contribution in [0.2, 0.25) is 0 Å². The van der Waals surface area contributed by atoms with Crippen LogP contribution in [-0.2, 0) is 12.8 Å². The average molecular weight is 434 g/mol. The van der Waals surface area contributed by atoms with Gasteiger partial charge in [0.1, 0.15) is 0 Å². The van der Waals surface area contributed by atoms with Crippen molar-refractivity contribution in [2.45, 2.75) is 117 Å². The Labute approximate surface area is 198 Å². The predicted molar refractivity (Wildman–Crippen MR) is 140 cm³/mol. The first-order valence-corrected chi connectivity index (χ1v) is 13.8. The molecule has 3 rings (SSSR count). The largest absolute Gasteiger partial charge is 0.256 e. The first kappa shape index (κ1) is 25.0. The summed E-state index contributed by atoms with van der Waals surface area (Å²) >= 11 is 0. The Hall–Kier alpha value is -1.63. The molecule has 1 saturated carbocycles. The monoisotopic (exact) mass is 433 g/mol. The van der Waals surface area contributed by atoms with Gasteiger partial charge in [0.2, 0.25) is 0 Å². The highest BCUT2D eigenvalue weighted by atomic mass is 14.7. The molecule has 1 fully saturated rings. The maximum absolute atomic E-state index is 4.70. The lowest BCUT2D eigenvalue weighted by molar-refractivity contribution is 0.248. The maximum Gasteiger partial charge on any atom is 0.0702 e. The number of aromatic nitrogens is 1. The van der Waals surface area contributed by atoms with Gasteiger partial charge in [0, 0.05) is 11.8 Å². The molecule has 1 heterocycles. The van der Waals surface area contributed by atoms with Gasteiger partial charge < -0.3 is 0 Å². The third kappa shape index (κ3) is 8.72. The van der Waals surface area contributed by atoms with Crippen molar-refractivity contribution in [3.8, 4) is 11.3 Å². The minimum absolute atomic E-state index is 0.952. The lowest BCUT2D eigenvalue weighted by atomic mass is 9.77. The van der Waals surface area contributed by atoms with Crippen molar-refractivity contribution >= 4 is 0 Å². The molecule has 0 bridgehead atoms. The van der Waals surface area contributed by atoms with Gasteiger partial charge in [-0.1, -0.05) is 121 Å². The molecule has 32 heavy (non-hydrogen) atoms. The van der Waals surface area contributed by atoms with Crippen molar-refractivity contribution in [2.24, 2.45) is 11.8 Å². The first-order chi connectivity index (χ1) is 15.8. The summed E-state index contributed by atoms with van der Waals surface area (Å²) in [6, 6.07) is 13.6. The van der Waals surface area contributed by atoms with E-state index in [-0.39, 0.29) is 0 Å². The molecule has 1 aliphatic rings. The second-order valence-corrected chi connectivity index (χ2v) is 10.3. The fraction of sp³-hybridized carbons (Fsp3) is 0.645. The van der Waals surface area contributed by atoms with E-state index in [1.807, 2.05) is 0 Å². The summed E-state index contributed by atoms with van der Waals surface area (Å²) in [5.41, 5.74) is 5.18.